The Labute approximate surface area is 115 Å². The quantitative estimate of drug-likeness (QED) is 0.675. The minimum absolute atomic E-state index is 0.156. The van der Waals surface area contributed by atoms with Gasteiger partial charge < -0.3 is 4.90 Å². The third-order valence-electron chi connectivity index (χ3n) is 3.46. The second kappa shape index (κ2) is 7.93. The van der Waals surface area contributed by atoms with E-state index in [1.807, 2.05) is 13.8 Å². The molecule has 1 amide bonds. The van der Waals surface area contributed by atoms with Crippen LogP contribution >= 0.6 is 0 Å². The Morgan fingerprint density at radius 1 is 1.26 bits per heavy atom. The van der Waals surface area contributed by atoms with Gasteiger partial charge in [0, 0.05) is 12.6 Å². The van der Waals surface area contributed by atoms with Crippen molar-refractivity contribution in [2.75, 3.05) is 6.54 Å². The summed E-state index contributed by atoms with van der Waals surface area (Å²) in [6.07, 6.45) is 4.43. The molecule has 0 aromatic heterocycles. The Bertz CT molecular complexity index is 405. The number of benzene rings is 1. The average Bonchev–Trinajstić information content (AvgIpc) is 2.40. The van der Waals surface area contributed by atoms with Gasteiger partial charge in [0.2, 0.25) is 0 Å². The number of nitrogens with zero attached hydrogens (tertiary/aromatic N) is 1. The highest BCUT2D eigenvalue weighted by Crippen LogP contribution is 2.15. The molecular formula is C16H24FNO. The number of rotatable bonds is 7. The van der Waals surface area contributed by atoms with Crippen molar-refractivity contribution in [2.24, 2.45) is 0 Å². The molecule has 0 heterocycles. The Hall–Kier alpha value is -1.38. The van der Waals surface area contributed by atoms with Gasteiger partial charge in [-0.1, -0.05) is 38.3 Å². The molecule has 1 unspecified atom stereocenters. The molecular weight excluding hydrogens is 241 g/mol. The van der Waals surface area contributed by atoms with Crippen LogP contribution < -0.4 is 0 Å². The zero-order chi connectivity index (χ0) is 14.3. The summed E-state index contributed by atoms with van der Waals surface area (Å²) >= 11 is 0. The summed E-state index contributed by atoms with van der Waals surface area (Å²) in [6, 6.07) is 6.35. The third-order valence-corrected chi connectivity index (χ3v) is 3.46. The number of hydrogen-bond donors (Lipinski definition) is 0. The molecule has 19 heavy (non-hydrogen) atoms. The molecule has 0 saturated carbocycles. The van der Waals surface area contributed by atoms with Crippen LogP contribution in [0.2, 0.25) is 0 Å². The first kappa shape index (κ1) is 15.7. The maximum absolute atomic E-state index is 13.7. The minimum atomic E-state index is -0.438. The summed E-state index contributed by atoms with van der Waals surface area (Å²) in [5.41, 5.74) is 0.173. The number of carbonyl (C=O) groups is 1. The maximum Gasteiger partial charge on any atom is 0.257 e. The molecule has 0 saturated heterocycles. The molecule has 2 nitrogen and oxygen atoms in total. The van der Waals surface area contributed by atoms with Crippen LogP contribution in [-0.2, 0) is 0 Å². The summed E-state index contributed by atoms with van der Waals surface area (Å²) in [5.74, 6) is -0.642. The molecule has 0 N–H and O–H groups in total. The largest absolute Gasteiger partial charge is 0.336 e. The van der Waals surface area contributed by atoms with E-state index in [0.717, 1.165) is 12.8 Å². The summed E-state index contributed by atoms with van der Waals surface area (Å²) in [7, 11) is 0. The van der Waals surface area contributed by atoms with E-state index < -0.39 is 5.82 Å². The van der Waals surface area contributed by atoms with Crippen molar-refractivity contribution in [3.63, 3.8) is 0 Å². The normalized spacial score (nSPS) is 12.2. The highest BCUT2D eigenvalue weighted by molar-refractivity contribution is 5.94. The summed E-state index contributed by atoms with van der Waals surface area (Å²) in [6.45, 7) is 6.75. The predicted molar refractivity (Wildman–Crippen MR) is 76.7 cm³/mol. The lowest BCUT2D eigenvalue weighted by Gasteiger charge is -2.28. The minimum Gasteiger partial charge on any atom is -0.336 e. The van der Waals surface area contributed by atoms with Crippen LogP contribution in [0.3, 0.4) is 0 Å². The van der Waals surface area contributed by atoms with Gasteiger partial charge in [-0.25, -0.2) is 4.39 Å². The van der Waals surface area contributed by atoms with Crippen LogP contribution in [0, 0.1) is 5.82 Å². The van der Waals surface area contributed by atoms with Gasteiger partial charge in [-0.3, -0.25) is 4.79 Å². The Morgan fingerprint density at radius 3 is 2.53 bits per heavy atom. The zero-order valence-electron chi connectivity index (χ0n) is 12.2. The van der Waals surface area contributed by atoms with Crippen LogP contribution in [0.5, 0.6) is 0 Å². The van der Waals surface area contributed by atoms with Gasteiger partial charge in [-0.15, -0.1) is 0 Å². The van der Waals surface area contributed by atoms with Crippen molar-refractivity contribution >= 4 is 5.91 Å². The highest BCUT2D eigenvalue weighted by Gasteiger charge is 2.21. The molecule has 0 bridgehead atoms. The lowest BCUT2D eigenvalue weighted by Crippen LogP contribution is -2.38. The third kappa shape index (κ3) is 4.34. The molecule has 0 fully saturated rings. The summed E-state index contributed by atoms with van der Waals surface area (Å²) < 4.78 is 13.7. The van der Waals surface area contributed by atoms with Crippen molar-refractivity contribution in [3.8, 4) is 0 Å². The van der Waals surface area contributed by atoms with E-state index in [0.29, 0.717) is 6.54 Å². The SMILES string of the molecule is CCCCCC(C)N(CC)C(=O)c1ccccc1F. The standard InChI is InChI=1S/C16H24FNO/c1-4-6-7-10-13(3)18(5-2)16(19)14-11-8-9-12-15(14)17/h8-9,11-13H,4-7,10H2,1-3H3. The lowest BCUT2D eigenvalue weighted by atomic mass is 10.1. The smallest absolute Gasteiger partial charge is 0.257 e. The van der Waals surface area contributed by atoms with Gasteiger partial charge in [0.05, 0.1) is 5.56 Å². The van der Waals surface area contributed by atoms with Crippen LogP contribution in [-0.4, -0.2) is 23.4 Å². The maximum atomic E-state index is 13.7. The monoisotopic (exact) mass is 265 g/mol. The molecule has 0 aliphatic rings. The predicted octanol–water partition coefficient (Wildman–Crippen LogP) is 4.26. The second-order valence-electron chi connectivity index (χ2n) is 4.92. The molecule has 0 spiro atoms. The van der Waals surface area contributed by atoms with Crippen molar-refractivity contribution in [1.29, 1.82) is 0 Å². The molecule has 1 aromatic rings. The van der Waals surface area contributed by atoms with Crippen molar-refractivity contribution in [2.45, 2.75) is 52.5 Å². The first-order chi connectivity index (χ1) is 9.11. The molecule has 1 atom stereocenters. The van der Waals surface area contributed by atoms with E-state index in [2.05, 4.69) is 6.92 Å². The van der Waals surface area contributed by atoms with E-state index >= 15 is 0 Å². The topological polar surface area (TPSA) is 20.3 Å². The average molecular weight is 265 g/mol. The van der Waals surface area contributed by atoms with Gasteiger partial charge >= 0.3 is 0 Å². The van der Waals surface area contributed by atoms with E-state index in [4.69, 9.17) is 0 Å². The number of unbranched alkanes of at least 4 members (excludes halogenated alkanes) is 2. The molecule has 1 rings (SSSR count). The van der Waals surface area contributed by atoms with Crippen molar-refractivity contribution < 1.29 is 9.18 Å². The first-order valence-electron chi connectivity index (χ1n) is 7.17. The van der Waals surface area contributed by atoms with Gasteiger partial charge in [0.1, 0.15) is 5.82 Å². The van der Waals surface area contributed by atoms with Gasteiger partial charge in [0.15, 0.2) is 0 Å². The summed E-state index contributed by atoms with van der Waals surface area (Å²) in [4.78, 5) is 14.1. The number of hydrogen-bond acceptors (Lipinski definition) is 1. The summed E-state index contributed by atoms with van der Waals surface area (Å²) in [5, 5.41) is 0. The van der Waals surface area contributed by atoms with Crippen molar-refractivity contribution in [3.05, 3.63) is 35.6 Å². The van der Waals surface area contributed by atoms with Crippen LogP contribution in [0.1, 0.15) is 56.8 Å². The number of carbonyl (C=O) groups excluding carboxylic acids is 1. The van der Waals surface area contributed by atoms with E-state index in [-0.39, 0.29) is 17.5 Å². The van der Waals surface area contributed by atoms with E-state index in [1.54, 1.807) is 23.1 Å². The van der Waals surface area contributed by atoms with Gasteiger partial charge in [-0.2, -0.15) is 0 Å². The molecule has 0 aliphatic heterocycles. The fourth-order valence-corrected chi connectivity index (χ4v) is 2.29. The molecule has 1 aromatic carbocycles. The Kier molecular flexibility index (Phi) is 6.54. The van der Waals surface area contributed by atoms with Crippen molar-refractivity contribution in [1.82, 2.24) is 4.90 Å². The van der Waals surface area contributed by atoms with Crippen LogP contribution in [0.4, 0.5) is 4.39 Å². The molecule has 0 radical (unpaired) electrons. The highest BCUT2D eigenvalue weighted by atomic mass is 19.1. The van der Waals surface area contributed by atoms with Gasteiger partial charge in [-0.05, 0) is 32.4 Å². The van der Waals surface area contributed by atoms with E-state index in [9.17, 15) is 9.18 Å². The fourth-order valence-electron chi connectivity index (χ4n) is 2.29. The van der Waals surface area contributed by atoms with Crippen LogP contribution in [0.25, 0.3) is 0 Å². The van der Waals surface area contributed by atoms with Gasteiger partial charge in [0.25, 0.3) is 5.91 Å². The Balaban J connectivity index is 2.74. The lowest BCUT2D eigenvalue weighted by molar-refractivity contribution is 0.0689. The fraction of sp³-hybridized carbons (Fsp3) is 0.562. The first-order valence-corrected chi connectivity index (χ1v) is 7.17. The van der Waals surface area contributed by atoms with E-state index in [1.165, 1.54) is 18.9 Å². The molecule has 106 valence electrons. The second-order valence-corrected chi connectivity index (χ2v) is 4.92. The number of halogens is 1. The molecule has 3 heteroatoms. The number of amides is 1. The van der Waals surface area contributed by atoms with Crippen LogP contribution in [0.15, 0.2) is 24.3 Å². The zero-order valence-corrected chi connectivity index (χ0v) is 12.2. The molecule has 0 aliphatic carbocycles. The Morgan fingerprint density at radius 2 is 1.95 bits per heavy atom.